The third kappa shape index (κ3) is 8.14. The number of hydrogen-bond acceptors (Lipinski definition) is 4. The summed E-state index contributed by atoms with van der Waals surface area (Å²) in [7, 11) is 0. The number of hydrogen-bond donors (Lipinski definition) is 2. The predicted molar refractivity (Wildman–Crippen MR) is 83.9 cm³/mol. The topological polar surface area (TPSA) is 76.7 Å². The second kappa shape index (κ2) is 9.65. The Morgan fingerprint density at radius 1 is 1.09 bits per heavy atom. The molecule has 0 saturated carbocycles. The van der Waals surface area contributed by atoms with Crippen LogP contribution in [0.25, 0.3) is 0 Å². The minimum atomic E-state index is -0.329. The molecule has 0 bridgehead atoms. The summed E-state index contributed by atoms with van der Waals surface area (Å²) in [4.78, 5) is 22.7. The number of ether oxygens (including phenoxy) is 2. The molecule has 0 spiro atoms. The highest BCUT2D eigenvalue weighted by molar-refractivity contribution is 5.75. The molecule has 0 atom stereocenters. The van der Waals surface area contributed by atoms with Crippen LogP contribution in [-0.2, 0) is 9.53 Å². The fraction of sp³-hybridized carbons (Fsp3) is 0.500. The van der Waals surface area contributed by atoms with Gasteiger partial charge in [0.05, 0.1) is 19.1 Å². The van der Waals surface area contributed by atoms with Gasteiger partial charge in [-0.25, -0.2) is 4.79 Å². The van der Waals surface area contributed by atoms with Gasteiger partial charge in [-0.15, -0.1) is 0 Å². The summed E-state index contributed by atoms with van der Waals surface area (Å²) in [6.45, 7) is 6.59. The molecule has 0 aromatic heterocycles. The third-order valence-electron chi connectivity index (χ3n) is 2.66. The van der Waals surface area contributed by atoms with Crippen molar-refractivity contribution >= 4 is 12.0 Å². The van der Waals surface area contributed by atoms with Gasteiger partial charge in [-0.2, -0.15) is 0 Å². The van der Waals surface area contributed by atoms with Gasteiger partial charge in [0.15, 0.2) is 0 Å². The van der Waals surface area contributed by atoms with E-state index >= 15 is 0 Å². The van der Waals surface area contributed by atoms with E-state index in [4.69, 9.17) is 9.47 Å². The summed E-state index contributed by atoms with van der Waals surface area (Å²) in [5.41, 5.74) is 1.17. The standard InChI is InChI=1S/C16H24N2O4/c1-12(2)22-15(19)8-9-17-16(20)18-10-11-21-14-6-4-13(3)5-7-14/h4-7,12H,8-11H2,1-3H3,(H2,17,18,20). The quantitative estimate of drug-likeness (QED) is 0.569. The van der Waals surface area contributed by atoms with E-state index in [2.05, 4.69) is 10.6 Å². The maximum Gasteiger partial charge on any atom is 0.314 e. The maximum absolute atomic E-state index is 11.5. The molecule has 122 valence electrons. The molecule has 22 heavy (non-hydrogen) atoms. The van der Waals surface area contributed by atoms with Crippen molar-refractivity contribution in [2.45, 2.75) is 33.3 Å². The Hall–Kier alpha value is -2.24. The normalized spacial score (nSPS) is 10.2. The van der Waals surface area contributed by atoms with E-state index in [1.165, 1.54) is 5.56 Å². The van der Waals surface area contributed by atoms with Gasteiger partial charge < -0.3 is 20.1 Å². The lowest BCUT2D eigenvalue weighted by Gasteiger charge is -2.10. The van der Waals surface area contributed by atoms with E-state index in [1.807, 2.05) is 31.2 Å². The molecule has 0 aliphatic carbocycles. The predicted octanol–water partition coefficient (Wildman–Crippen LogP) is 2.01. The van der Waals surface area contributed by atoms with Crippen molar-refractivity contribution in [3.05, 3.63) is 29.8 Å². The monoisotopic (exact) mass is 308 g/mol. The Morgan fingerprint density at radius 2 is 1.73 bits per heavy atom. The van der Waals surface area contributed by atoms with Crippen LogP contribution in [0.1, 0.15) is 25.8 Å². The summed E-state index contributed by atoms with van der Waals surface area (Å²) < 4.78 is 10.4. The molecule has 0 radical (unpaired) electrons. The van der Waals surface area contributed by atoms with E-state index in [9.17, 15) is 9.59 Å². The average Bonchev–Trinajstić information content (AvgIpc) is 2.44. The van der Waals surface area contributed by atoms with Gasteiger partial charge in [-0.3, -0.25) is 4.79 Å². The molecule has 0 unspecified atom stereocenters. The highest BCUT2D eigenvalue weighted by atomic mass is 16.5. The molecule has 6 nitrogen and oxygen atoms in total. The molecule has 6 heteroatoms. The lowest BCUT2D eigenvalue weighted by atomic mass is 10.2. The van der Waals surface area contributed by atoms with Crippen LogP contribution in [0.3, 0.4) is 0 Å². The zero-order valence-electron chi connectivity index (χ0n) is 13.3. The lowest BCUT2D eigenvalue weighted by Crippen LogP contribution is -2.38. The largest absolute Gasteiger partial charge is 0.492 e. The van der Waals surface area contributed by atoms with Crippen molar-refractivity contribution in [2.24, 2.45) is 0 Å². The van der Waals surface area contributed by atoms with Crippen LogP contribution in [0, 0.1) is 6.92 Å². The van der Waals surface area contributed by atoms with Gasteiger partial charge in [0.25, 0.3) is 0 Å². The zero-order valence-corrected chi connectivity index (χ0v) is 13.3. The van der Waals surface area contributed by atoms with E-state index in [0.29, 0.717) is 13.2 Å². The number of esters is 1. The molecule has 2 amide bonds. The number of amides is 2. The zero-order chi connectivity index (χ0) is 16.4. The molecule has 1 rings (SSSR count). The highest BCUT2D eigenvalue weighted by Crippen LogP contribution is 2.10. The van der Waals surface area contributed by atoms with Gasteiger partial charge in [-0.1, -0.05) is 17.7 Å². The van der Waals surface area contributed by atoms with Gasteiger partial charge in [0.2, 0.25) is 0 Å². The first-order valence-electron chi connectivity index (χ1n) is 7.38. The minimum Gasteiger partial charge on any atom is -0.492 e. The van der Waals surface area contributed by atoms with Crippen LogP contribution in [-0.4, -0.2) is 37.8 Å². The van der Waals surface area contributed by atoms with Gasteiger partial charge in [0.1, 0.15) is 12.4 Å². The Labute approximate surface area is 131 Å². The number of urea groups is 1. The Morgan fingerprint density at radius 3 is 2.36 bits per heavy atom. The van der Waals surface area contributed by atoms with Crippen LogP contribution in [0.15, 0.2) is 24.3 Å². The van der Waals surface area contributed by atoms with Crippen molar-refractivity contribution in [3.63, 3.8) is 0 Å². The van der Waals surface area contributed by atoms with Crippen LogP contribution in [0.5, 0.6) is 5.75 Å². The van der Waals surface area contributed by atoms with Crippen molar-refractivity contribution in [3.8, 4) is 5.75 Å². The second-order valence-corrected chi connectivity index (χ2v) is 5.13. The Kier molecular flexibility index (Phi) is 7.81. The first-order valence-corrected chi connectivity index (χ1v) is 7.38. The van der Waals surface area contributed by atoms with Crippen molar-refractivity contribution in [1.82, 2.24) is 10.6 Å². The molecular weight excluding hydrogens is 284 g/mol. The van der Waals surface area contributed by atoms with E-state index < -0.39 is 0 Å². The van der Waals surface area contributed by atoms with E-state index in [0.717, 1.165) is 5.75 Å². The van der Waals surface area contributed by atoms with Crippen molar-refractivity contribution in [2.75, 3.05) is 19.7 Å². The molecule has 0 heterocycles. The molecule has 0 aliphatic heterocycles. The van der Waals surface area contributed by atoms with Gasteiger partial charge in [-0.05, 0) is 32.9 Å². The number of carbonyl (C=O) groups is 2. The Bertz CT molecular complexity index is 472. The summed E-state index contributed by atoms with van der Waals surface area (Å²) in [6.07, 6.45) is 0.0195. The fourth-order valence-corrected chi connectivity index (χ4v) is 1.63. The number of benzene rings is 1. The number of rotatable bonds is 8. The summed E-state index contributed by atoms with van der Waals surface area (Å²) in [5.74, 6) is 0.447. The fourth-order valence-electron chi connectivity index (χ4n) is 1.63. The molecule has 0 fully saturated rings. The van der Waals surface area contributed by atoms with Crippen LogP contribution < -0.4 is 15.4 Å². The van der Waals surface area contributed by atoms with Crippen LogP contribution in [0.2, 0.25) is 0 Å². The summed E-state index contributed by atoms with van der Waals surface area (Å²) in [5, 5.41) is 5.24. The second-order valence-electron chi connectivity index (χ2n) is 5.13. The smallest absolute Gasteiger partial charge is 0.314 e. The average molecular weight is 308 g/mol. The highest BCUT2D eigenvalue weighted by Gasteiger charge is 2.06. The molecule has 1 aromatic carbocycles. The van der Waals surface area contributed by atoms with E-state index in [1.54, 1.807) is 13.8 Å². The third-order valence-corrected chi connectivity index (χ3v) is 2.66. The number of aryl methyl sites for hydroxylation is 1. The number of carbonyl (C=O) groups excluding carboxylic acids is 2. The first-order chi connectivity index (χ1) is 10.5. The molecule has 2 N–H and O–H groups in total. The number of nitrogens with one attached hydrogen (secondary N) is 2. The Balaban J connectivity index is 2.06. The van der Waals surface area contributed by atoms with Crippen LogP contribution in [0.4, 0.5) is 4.79 Å². The van der Waals surface area contributed by atoms with Crippen molar-refractivity contribution in [1.29, 1.82) is 0 Å². The molecule has 0 aliphatic rings. The van der Waals surface area contributed by atoms with Crippen molar-refractivity contribution < 1.29 is 19.1 Å². The molecule has 0 saturated heterocycles. The molecule has 1 aromatic rings. The maximum atomic E-state index is 11.5. The molecular formula is C16H24N2O4. The first kappa shape index (κ1) is 17.8. The van der Waals surface area contributed by atoms with Crippen LogP contribution >= 0.6 is 0 Å². The minimum absolute atomic E-state index is 0.139. The van der Waals surface area contributed by atoms with E-state index in [-0.39, 0.29) is 31.1 Å². The summed E-state index contributed by atoms with van der Waals surface area (Å²) in [6, 6.07) is 7.37. The lowest BCUT2D eigenvalue weighted by molar-refractivity contribution is -0.147. The van der Waals surface area contributed by atoms with Gasteiger partial charge in [0, 0.05) is 6.54 Å². The summed E-state index contributed by atoms with van der Waals surface area (Å²) >= 11 is 0. The SMILES string of the molecule is Cc1ccc(OCCNC(=O)NCCC(=O)OC(C)C)cc1. The van der Waals surface area contributed by atoms with Gasteiger partial charge >= 0.3 is 12.0 Å².